The van der Waals surface area contributed by atoms with Gasteiger partial charge >= 0.3 is 7.75 Å². The van der Waals surface area contributed by atoms with Gasteiger partial charge in [-0.2, -0.15) is 4.67 Å². The summed E-state index contributed by atoms with van der Waals surface area (Å²) < 4.78 is 36.7. The summed E-state index contributed by atoms with van der Waals surface area (Å²) in [5.74, 6) is 1.57. The van der Waals surface area contributed by atoms with Gasteiger partial charge in [-0.25, -0.2) is 4.57 Å². The van der Waals surface area contributed by atoms with Crippen molar-refractivity contribution in [3.63, 3.8) is 0 Å². The highest BCUT2D eigenvalue weighted by molar-refractivity contribution is 7.51. The maximum Gasteiger partial charge on any atom is 0.408 e. The third kappa shape index (κ3) is 3.73. The SMILES string of the molecule is CCOP(=O)(OCC)N1CCc2cc(OC)c(OC)cc2C1CCl. The van der Waals surface area contributed by atoms with Gasteiger partial charge in [0, 0.05) is 12.4 Å². The van der Waals surface area contributed by atoms with Crippen molar-refractivity contribution in [2.24, 2.45) is 0 Å². The molecule has 1 aromatic rings. The van der Waals surface area contributed by atoms with Crippen molar-refractivity contribution in [2.75, 3.05) is 39.9 Å². The van der Waals surface area contributed by atoms with E-state index in [1.165, 1.54) is 0 Å². The van der Waals surface area contributed by atoms with Gasteiger partial charge in [-0.15, -0.1) is 11.6 Å². The molecule has 0 bridgehead atoms. The van der Waals surface area contributed by atoms with E-state index in [2.05, 4.69) is 0 Å². The molecule has 1 aliphatic rings. The van der Waals surface area contributed by atoms with Crippen LogP contribution in [-0.4, -0.2) is 44.5 Å². The number of ether oxygens (including phenoxy) is 2. The molecule has 0 aliphatic carbocycles. The van der Waals surface area contributed by atoms with Crippen LogP contribution in [-0.2, 0) is 20.0 Å². The molecule has 1 heterocycles. The molecular weight excluding hydrogens is 353 g/mol. The molecule has 0 amide bonds. The van der Waals surface area contributed by atoms with Gasteiger partial charge in [0.25, 0.3) is 0 Å². The molecular formula is C16H25ClNO5P. The fraction of sp³-hybridized carbons (Fsp3) is 0.625. The fourth-order valence-corrected chi connectivity index (χ4v) is 5.33. The predicted molar refractivity (Wildman–Crippen MR) is 94.3 cm³/mol. The monoisotopic (exact) mass is 377 g/mol. The first-order valence-electron chi connectivity index (χ1n) is 8.01. The maximum absolute atomic E-state index is 13.2. The zero-order valence-corrected chi connectivity index (χ0v) is 16.2. The van der Waals surface area contributed by atoms with E-state index in [-0.39, 0.29) is 11.9 Å². The summed E-state index contributed by atoms with van der Waals surface area (Å²) in [7, 11) is -0.192. The van der Waals surface area contributed by atoms with E-state index in [9.17, 15) is 4.57 Å². The summed E-state index contributed by atoms with van der Waals surface area (Å²) in [6.07, 6.45) is 0.702. The van der Waals surface area contributed by atoms with Crippen LogP contribution in [0.2, 0.25) is 0 Å². The minimum Gasteiger partial charge on any atom is -0.493 e. The zero-order chi connectivity index (χ0) is 17.7. The number of alkyl halides is 1. The first-order chi connectivity index (χ1) is 11.5. The van der Waals surface area contributed by atoms with Crippen LogP contribution in [0.15, 0.2) is 12.1 Å². The predicted octanol–water partition coefficient (Wildman–Crippen LogP) is 4.02. The Hall–Kier alpha value is -0.780. The van der Waals surface area contributed by atoms with Gasteiger partial charge in [-0.3, -0.25) is 9.05 Å². The summed E-state index contributed by atoms with van der Waals surface area (Å²) >= 11 is 6.23. The Morgan fingerprint density at radius 3 is 2.25 bits per heavy atom. The Labute approximate surface area is 148 Å². The highest BCUT2D eigenvalue weighted by Crippen LogP contribution is 2.58. The molecule has 0 fully saturated rings. The van der Waals surface area contributed by atoms with E-state index in [1.807, 2.05) is 12.1 Å². The van der Waals surface area contributed by atoms with Crippen molar-refractivity contribution in [3.8, 4) is 11.5 Å². The molecule has 0 N–H and O–H groups in total. The number of nitrogens with zero attached hydrogens (tertiary/aromatic N) is 1. The van der Waals surface area contributed by atoms with Crippen LogP contribution in [0, 0.1) is 0 Å². The summed E-state index contributed by atoms with van der Waals surface area (Å²) in [6, 6.07) is 3.58. The molecule has 0 radical (unpaired) electrons. The number of methoxy groups -OCH3 is 2. The highest BCUT2D eigenvalue weighted by Gasteiger charge is 2.41. The minimum atomic E-state index is -3.39. The van der Waals surface area contributed by atoms with Gasteiger partial charge in [0.2, 0.25) is 0 Å². The Morgan fingerprint density at radius 2 is 1.75 bits per heavy atom. The minimum absolute atomic E-state index is 0.270. The number of halogens is 1. The maximum atomic E-state index is 13.2. The molecule has 6 nitrogen and oxygen atoms in total. The summed E-state index contributed by atoms with van der Waals surface area (Å²) in [4.78, 5) is 0. The second-order valence-corrected chi connectivity index (χ2v) is 7.57. The molecule has 0 saturated heterocycles. The average molecular weight is 378 g/mol. The number of hydrogen-bond donors (Lipinski definition) is 0. The average Bonchev–Trinajstić information content (AvgIpc) is 2.59. The van der Waals surface area contributed by atoms with Crippen molar-refractivity contribution >= 4 is 19.3 Å². The van der Waals surface area contributed by atoms with E-state index in [0.29, 0.717) is 37.7 Å². The van der Waals surface area contributed by atoms with Crippen LogP contribution in [0.3, 0.4) is 0 Å². The lowest BCUT2D eigenvalue weighted by Gasteiger charge is -2.39. The van der Waals surface area contributed by atoms with Gasteiger partial charge in [0.15, 0.2) is 11.5 Å². The second-order valence-electron chi connectivity index (χ2n) is 5.29. The molecule has 2 rings (SSSR count). The third-order valence-corrected chi connectivity index (χ3v) is 6.59. The van der Waals surface area contributed by atoms with Crippen molar-refractivity contribution in [2.45, 2.75) is 26.3 Å². The molecule has 1 atom stereocenters. The highest BCUT2D eigenvalue weighted by atomic mass is 35.5. The Morgan fingerprint density at radius 1 is 1.17 bits per heavy atom. The second kappa shape index (κ2) is 8.54. The van der Waals surface area contributed by atoms with Crippen LogP contribution in [0.25, 0.3) is 0 Å². The molecule has 136 valence electrons. The molecule has 8 heteroatoms. The van der Waals surface area contributed by atoms with Crippen LogP contribution in [0.4, 0.5) is 0 Å². The van der Waals surface area contributed by atoms with Crippen LogP contribution >= 0.6 is 19.3 Å². The van der Waals surface area contributed by atoms with Crippen molar-refractivity contribution in [1.29, 1.82) is 0 Å². The molecule has 1 aromatic carbocycles. The topological polar surface area (TPSA) is 57.2 Å². The van der Waals surface area contributed by atoms with Crippen LogP contribution < -0.4 is 9.47 Å². The number of rotatable bonds is 8. The van der Waals surface area contributed by atoms with Gasteiger partial charge < -0.3 is 9.47 Å². The fourth-order valence-electron chi connectivity index (χ4n) is 2.98. The van der Waals surface area contributed by atoms with E-state index >= 15 is 0 Å². The lowest BCUT2D eigenvalue weighted by atomic mass is 9.94. The normalized spacial score (nSPS) is 18.3. The summed E-state index contributed by atoms with van der Waals surface area (Å²) in [5, 5.41) is 0. The van der Waals surface area contributed by atoms with Gasteiger partial charge in [-0.1, -0.05) is 0 Å². The van der Waals surface area contributed by atoms with Crippen LogP contribution in [0.1, 0.15) is 31.0 Å². The summed E-state index contributed by atoms with van der Waals surface area (Å²) in [5.41, 5.74) is 2.07. The van der Waals surface area contributed by atoms with E-state index < -0.39 is 7.75 Å². The lowest BCUT2D eigenvalue weighted by Crippen LogP contribution is -2.35. The Bertz CT molecular complexity index is 602. The first kappa shape index (κ1) is 19.5. The Kier molecular flexibility index (Phi) is 6.96. The van der Waals surface area contributed by atoms with Gasteiger partial charge in [0.05, 0.1) is 33.5 Å². The molecule has 0 aromatic heterocycles. The van der Waals surface area contributed by atoms with Crippen molar-refractivity contribution in [1.82, 2.24) is 4.67 Å². The quantitative estimate of drug-likeness (QED) is 0.503. The lowest BCUT2D eigenvalue weighted by molar-refractivity contribution is 0.148. The largest absolute Gasteiger partial charge is 0.493 e. The molecule has 1 unspecified atom stereocenters. The van der Waals surface area contributed by atoms with E-state index in [4.69, 9.17) is 30.1 Å². The molecule has 0 saturated carbocycles. The number of fused-ring (bicyclic) bond motifs is 1. The zero-order valence-electron chi connectivity index (χ0n) is 14.6. The van der Waals surface area contributed by atoms with E-state index in [0.717, 1.165) is 11.1 Å². The van der Waals surface area contributed by atoms with Crippen molar-refractivity contribution < 1.29 is 23.1 Å². The third-order valence-electron chi connectivity index (χ3n) is 4.02. The summed E-state index contributed by atoms with van der Waals surface area (Å²) in [6.45, 7) is 4.75. The molecule has 0 spiro atoms. The van der Waals surface area contributed by atoms with Crippen molar-refractivity contribution in [3.05, 3.63) is 23.3 Å². The standard InChI is InChI=1S/C16H25ClNO5P/c1-5-22-24(19,23-6-2)18-8-7-12-9-15(20-3)16(21-4)10-13(12)14(18)11-17/h9-10,14H,5-8,11H2,1-4H3. The Balaban J connectivity index is 2.46. The molecule has 1 aliphatic heterocycles. The van der Waals surface area contributed by atoms with Gasteiger partial charge in [0.1, 0.15) is 0 Å². The number of benzene rings is 1. The van der Waals surface area contributed by atoms with Gasteiger partial charge in [-0.05, 0) is 43.5 Å². The number of hydrogen-bond acceptors (Lipinski definition) is 5. The van der Waals surface area contributed by atoms with Crippen LogP contribution in [0.5, 0.6) is 11.5 Å². The first-order valence-corrected chi connectivity index (χ1v) is 10.0. The molecule has 24 heavy (non-hydrogen) atoms. The van der Waals surface area contributed by atoms with E-state index in [1.54, 1.807) is 32.7 Å². The smallest absolute Gasteiger partial charge is 0.408 e.